The van der Waals surface area contributed by atoms with Crippen LogP contribution in [0, 0.1) is 25.7 Å². The highest BCUT2D eigenvalue weighted by molar-refractivity contribution is 5.30. The summed E-state index contributed by atoms with van der Waals surface area (Å²) in [6.07, 6.45) is 1.08. The van der Waals surface area contributed by atoms with Gasteiger partial charge in [0.05, 0.1) is 0 Å². The van der Waals surface area contributed by atoms with Crippen molar-refractivity contribution < 1.29 is 0 Å². The summed E-state index contributed by atoms with van der Waals surface area (Å²) in [6, 6.07) is 6.63. The normalized spacial score (nSPS) is 13.1. The second-order valence-electron chi connectivity index (χ2n) is 4.84. The van der Waals surface area contributed by atoms with E-state index in [2.05, 4.69) is 39.0 Å². The zero-order valence-electron chi connectivity index (χ0n) is 10.7. The molecule has 0 aliphatic heterocycles. The molecule has 0 spiro atoms. The number of aryl methyl sites for hydroxylation is 2. The maximum Gasteiger partial charge on any atom is -0.00341 e. The van der Waals surface area contributed by atoms with E-state index in [4.69, 9.17) is 11.5 Å². The Morgan fingerprint density at radius 3 is 2.31 bits per heavy atom. The van der Waals surface area contributed by atoms with Gasteiger partial charge < -0.3 is 11.5 Å². The number of nitrogens with two attached hydrogens (primary N) is 2. The fourth-order valence-electron chi connectivity index (χ4n) is 2.09. The number of rotatable bonds is 5. The van der Waals surface area contributed by atoms with Crippen molar-refractivity contribution in [2.45, 2.75) is 27.2 Å². The largest absolute Gasteiger partial charge is 0.330 e. The molecule has 0 amide bonds. The minimum atomic E-state index is 0.430. The first kappa shape index (κ1) is 13.2. The Hall–Kier alpha value is -0.860. The molecule has 1 aromatic carbocycles. The van der Waals surface area contributed by atoms with E-state index in [0.717, 1.165) is 6.42 Å². The molecule has 0 aliphatic rings. The fourth-order valence-corrected chi connectivity index (χ4v) is 2.09. The monoisotopic (exact) mass is 220 g/mol. The van der Waals surface area contributed by atoms with Gasteiger partial charge in [-0.3, -0.25) is 0 Å². The van der Waals surface area contributed by atoms with E-state index >= 15 is 0 Å². The van der Waals surface area contributed by atoms with Gasteiger partial charge in [-0.05, 0) is 56.3 Å². The third kappa shape index (κ3) is 3.32. The summed E-state index contributed by atoms with van der Waals surface area (Å²) in [6.45, 7) is 7.91. The number of hydrogen-bond acceptors (Lipinski definition) is 2. The minimum Gasteiger partial charge on any atom is -0.330 e. The smallest absolute Gasteiger partial charge is 0.00341 e. The Bertz CT molecular complexity index is 330. The average Bonchev–Trinajstić information content (AvgIpc) is 2.25. The lowest BCUT2D eigenvalue weighted by atomic mass is 9.86. The predicted molar refractivity (Wildman–Crippen MR) is 70.4 cm³/mol. The Labute approximate surface area is 99.0 Å². The highest BCUT2D eigenvalue weighted by Crippen LogP contribution is 2.19. The van der Waals surface area contributed by atoms with Crippen molar-refractivity contribution in [1.82, 2.24) is 0 Å². The van der Waals surface area contributed by atoms with Crippen LogP contribution in [0.4, 0.5) is 0 Å². The van der Waals surface area contributed by atoms with Crippen molar-refractivity contribution >= 4 is 0 Å². The lowest BCUT2D eigenvalue weighted by molar-refractivity contribution is 0.372. The van der Waals surface area contributed by atoms with Crippen LogP contribution < -0.4 is 11.5 Å². The third-order valence-corrected chi connectivity index (χ3v) is 3.46. The van der Waals surface area contributed by atoms with E-state index < -0.39 is 0 Å². The zero-order chi connectivity index (χ0) is 12.1. The van der Waals surface area contributed by atoms with Crippen molar-refractivity contribution in [3.8, 4) is 0 Å². The van der Waals surface area contributed by atoms with Crippen molar-refractivity contribution in [3.63, 3.8) is 0 Å². The molecule has 1 rings (SSSR count). The molecule has 0 aliphatic carbocycles. The van der Waals surface area contributed by atoms with Crippen LogP contribution in [0.3, 0.4) is 0 Å². The maximum atomic E-state index is 5.73. The average molecular weight is 220 g/mol. The van der Waals surface area contributed by atoms with Gasteiger partial charge in [-0.15, -0.1) is 0 Å². The molecule has 0 fully saturated rings. The molecule has 0 bridgehead atoms. The molecule has 1 atom stereocenters. The van der Waals surface area contributed by atoms with Gasteiger partial charge in [0, 0.05) is 0 Å². The first-order valence-corrected chi connectivity index (χ1v) is 6.04. The molecule has 2 heteroatoms. The van der Waals surface area contributed by atoms with E-state index in [1.807, 2.05) is 0 Å². The van der Waals surface area contributed by atoms with Crippen molar-refractivity contribution in [1.29, 1.82) is 0 Å². The number of hydrogen-bond donors (Lipinski definition) is 2. The highest BCUT2D eigenvalue weighted by Gasteiger charge is 2.15. The van der Waals surface area contributed by atoms with Gasteiger partial charge in [-0.1, -0.05) is 30.7 Å². The van der Waals surface area contributed by atoms with Gasteiger partial charge in [0.1, 0.15) is 0 Å². The fraction of sp³-hybridized carbons (Fsp3) is 0.571. The van der Waals surface area contributed by atoms with Gasteiger partial charge >= 0.3 is 0 Å². The van der Waals surface area contributed by atoms with Crippen molar-refractivity contribution in [2.75, 3.05) is 13.1 Å². The molecule has 0 radical (unpaired) electrons. The van der Waals surface area contributed by atoms with E-state index in [0.29, 0.717) is 24.9 Å². The first-order chi connectivity index (χ1) is 7.58. The third-order valence-electron chi connectivity index (χ3n) is 3.46. The number of benzene rings is 1. The van der Waals surface area contributed by atoms with Crippen LogP contribution >= 0.6 is 0 Å². The maximum absolute atomic E-state index is 5.73. The van der Waals surface area contributed by atoms with E-state index in [9.17, 15) is 0 Å². The van der Waals surface area contributed by atoms with E-state index in [1.165, 1.54) is 16.7 Å². The van der Waals surface area contributed by atoms with Gasteiger partial charge in [0.15, 0.2) is 0 Å². The van der Waals surface area contributed by atoms with Gasteiger partial charge in [0.25, 0.3) is 0 Å². The quantitative estimate of drug-likeness (QED) is 0.797. The van der Waals surface area contributed by atoms with Crippen LogP contribution in [0.1, 0.15) is 23.6 Å². The predicted octanol–water partition coefficient (Wildman–Crippen LogP) is 2.02. The second kappa shape index (κ2) is 6.02. The summed E-state index contributed by atoms with van der Waals surface area (Å²) in [5.74, 6) is 0.982. The zero-order valence-corrected chi connectivity index (χ0v) is 10.7. The molecular weight excluding hydrogens is 196 g/mol. The van der Waals surface area contributed by atoms with Gasteiger partial charge in [0.2, 0.25) is 0 Å². The summed E-state index contributed by atoms with van der Waals surface area (Å²) in [5.41, 5.74) is 15.6. The van der Waals surface area contributed by atoms with E-state index in [1.54, 1.807) is 0 Å². The SMILES string of the molecule is Cc1ccc(C)c(CC(C)C(CN)CN)c1. The Morgan fingerprint density at radius 1 is 1.12 bits per heavy atom. The Morgan fingerprint density at radius 2 is 1.75 bits per heavy atom. The standard InChI is InChI=1S/C14H24N2/c1-10-4-5-11(2)13(6-10)7-12(3)14(8-15)9-16/h4-6,12,14H,7-9,15-16H2,1-3H3. The summed E-state index contributed by atoms with van der Waals surface area (Å²) in [5, 5.41) is 0. The summed E-state index contributed by atoms with van der Waals surface area (Å²) in [4.78, 5) is 0. The topological polar surface area (TPSA) is 52.0 Å². The van der Waals surface area contributed by atoms with Crippen LogP contribution in [0.25, 0.3) is 0 Å². The molecule has 1 aromatic rings. The lowest BCUT2D eigenvalue weighted by Gasteiger charge is -2.21. The molecule has 2 nitrogen and oxygen atoms in total. The Kier molecular flexibility index (Phi) is 4.97. The Balaban J connectivity index is 2.75. The first-order valence-electron chi connectivity index (χ1n) is 6.04. The van der Waals surface area contributed by atoms with Gasteiger partial charge in [-0.2, -0.15) is 0 Å². The van der Waals surface area contributed by atoms with Crippen LogP contribution in [0.5, 0.6) is 0 Å². The minimum absolute atomic E-state index is 0.430. The molecule has 4 N–H and O–H groups in total. The van der Waals surface area contributed by atoms with Crippen LogP contribution in [-0.4, -0.2) is 13.1 Å². The van der Waals surface area contributed by atoms with Crippen LogP contribution in [0.15, 0.2) is 18.2 Å². The molecule has 0 heterocycles. The second-order valence-corrected chi connectivity index (χ2v) is 4.84. The van der Waals surface area contributed by atoms with Crippen molar-refractivity contribution in [3.05, 3.63) is 34.9 Å². The lowest BCUT2D eigenvalue weighted by Crippen LogP contribution is -2.30. The molecular formula is C14H24N2. The van der Waals surface area contributed by atoms with Crippen LogP contribution in [0.2, 0.25) is 0 Å². The highest BCUT2D eigenvalue weighted by atomic mass is 14.6. The molecule has 16 heavy (non-hydrogen) atoms. The van der Waals surface area contributed by atoms with Crippen LogP contribution in [-0.2, 0) is 6.42 Å². The molecule has 1 unspecified atom stereocenters. The summed E-state index contributed by atoms with van der Waals surface area (Å²) in [7, 11) is 0. The van der Waals surface area contributed by atoms with E-state index in [-0.39, 0.29) is 0 Å². The van der Waals surface area contributed by atoms with Gasteiger partial charge in [-0.25, -0.2) is 0 Å². The molecule has 0 saturated heterocycles. The molecule has 90 valence electrons. The summed E-state index contributed by atoms with van der Waals surface area (Å²) >= 11 is 0. The molecule has 0 saturated carbocycles. The molecule has 0 aromatic heterocycles. The van der Waals surface area contributed by atoms with Crippen molar-refractivity contribution in [2.24, 2.45) is 23.3 Å². The summed E-state index contributed by atoms with van der Waals surface area (Å²) < 4.78 is 0.